The van der Waals surface area contributed by atoms with Crippen LogP contribution >= 0.6 is 11.8 Å². The molecule has 1 heterocycles. The second-order valence-corrected chi connectivity index (χ2v) is 7.05. The Morgan fingerprint density at radius 2 is 1.95 bits per heavy atom. The zero-order valence-corrected chi connectivity index (χ0v) is 11.9. The van der Waals surface area contributed by atoms with Crippen LogP contribution in [0.4, 0.5) is 0 Å². The molecule has 0 atom stereocenters. The average molecular weight is 276 g/mol. The van der Waals surface area contributed by atoms with Crippen molar-refractivity contribution in [2.45, 2.75) is 43.4 Å². The van der Waals surface area contributed by atoms with Gasteiger partial charge in [-0.3, -0.25) is 4.79 Å². The van der Waals surface area contributed by atoms with Gasteiger partial charge in [-0.1, -0.05) is 24.3 Å². The fourth-order valence-electron chi connectivity index (χ4n) is 3.33. The molecule has 2 fully saturated rings. The molecule has 1 N–H and O–H groups in total. The number of hydrogen-bond acceptors (Lipinski definition) is 2. The third kappa shape index (κ3) is 2.66. The summed E-state index contributed by atoms with van der Waals surface area (Å²) in [6, 6.07) is 8.58. The smallest absolute Gasteiger partial charge is 0.304 e. The Morgan fingerprint density at radius 3 is 2.58 bits per heavy atom. The van der Waals surface area contributed by atoms with Crippen LogP contribution in [0.5, 0.6) is 0 Å². The molecule has 102 valence electrons. The molecular weight excluding hydrogens is 256 g/mol. The van der Waals surface area contributed by atoms with Crippen molar-refractivity contribution in [1.82, 2.24) is 0 Å². The van der Waals surface area contributed by atoms with E-state index in [1.165, 1.54) is 35.5 Å². The maximum Gasteiger partial charge on any atom is 0.304 e. The minimum absolute atomic E-state index is 0.0486. The maximum absolute atomic E-state index is 11.1. The molecule has 2 aliphatic rings. The van der Waals surface area contributed by atoms with Gasteiger partial charge in [-0.15, -0.1) is 0 Å². The molecule has 0 bridgehead atoms. The van der Waals surface area contributed by atoms with Gasteiger partial charge < -0.3 is 5.11 Å². The molecule has 0 unspecified atom stereocenters. The van der Waals surface area contributed by atoms with Crippen LogP contribution < -0.4 is 0 Å². The van der Waals surface area contributed by atoms with Gasteiger partial charge in [0.25, 0.3) is 0 Å². The predicted molar refractivity (Wildman–Crippen MR) is 78.9 cm³/mol. The van der Waals surface area contributed by atoms with Crippen LogP contribution in [0.25, 0.3) is 0 Å². The van der Waals surface area contributed by atoms with Gasteiger partial charge in [0.15, 0.2) is 0 Å². The Labute approximate surface area is 118 Å². The minimum Gasteiger partial charge on any atom is -0.481 e. The lowest BCUT2D eigenvalue weighted by molar-refractivity contribution is -0.137. The van der Waals surface area contributed by atoms with Gasteiger partial charge in [-0.25, -0.2) is 0 Å². The summed E-state index contributed by atoms with van der Waals surface area (Å²) in [6.07, 6.45) is 4.86. The Bertz CT molecular complexity index is 473. The summed E-state index contributed by atoms with van der Waals surface area (Å²) >= 11 is 2.04. The first-order valence-electron chi connectivity index (χ1n) is 7.10. The summed E-state index contributed by atoms with van der Waals surface area (Å²) in [5.74, 6) is 2.46. The topological polar surface area (TPSA) is 37.3 Å². The van der Waals surface area contributed by atoms with Crippen molar-refractivity contribution >= 4 is 17.7 Å². The Balaban J connectivity index is 1.91. The van der Waals surface area contributed by atoms with E-state index in [4.69, 9.17) is 5.11 Å². The van der Waals surface area contributed by atoms with Crippen molar-refractivity contribution in [3.63, 3.8) is 0 Å². The van der Waals surface area contributed by atoms with E-state index in [1.807, 2.05) is 11.8 Å². The molecule has 3 rings (SSSR count). The summed E-state index contributed by atoms with van der Waals surface area (Å²) in [4.78, 5) is 11.1. The van der Waals surface area contributed by atoms with E-state index >= 15 is 0 Å². The number of carboxylic acid groups (broad SMARTS) is 1. The van der Waals surface area contributed by atoms with Gasteiger partial charge in [0.1, 0.15) is 0 Å². The zero-order chi connectivity index (χ0) is 13.3. The SMILES string of the molecule is O=C(O)CC1(c2ccccc2C2CCSCC2)CC1. The highest BCUT2D eigenvalue weighted by Gasteiger charge is 2.47. The predicted octanol–water partition coefficient (Wildman–Crippen LogP) is 3.80. The van der Waals surface area contributed by atoms with Crippen molar-refractivity contribution in [3.05, 3.63) is 35.4 Å². The normalized spacial score (nSPS) is 22.1. The summed E-state index contributed by atoms with van der Waals surface area (Å²) in [6.45, 7) is 0. The molecule has 1 aliphatic heterocycles. The van der Waals surface area contributed by atoms with E-state index in [2.05, 4.69) is 24.3 Å². The molecule has 1 saturated heterocycles. The van der Waals surface area contributed by atoms with E-state index < -0.39 is 5.97 Å². The summed E-state index contributed by atoms with van der Waals surface area (Å²) in [5.41, 5.74) is 2.71. The van der Waals surface area contributed by atoms with Gasteiger partial charge >= 0.3 is 5.97 Å². The van der Waals surface area contributed by atoms with E-state index in [-0.39, 0.29) is 5.41 Å². The molecule has 1 saturated carbocycles. The minimum atomic E-state index is -0.661. The highest BCUT2D eigenvalue weighted by atomic mass is 32.2. The Kier molecular flexibility index (Phi) is 3.57. The number of benzene rings is 1. The van der Waals surface area contributed by atoms with Crippen molar-refractivity contribution in [2.24, 2.45) is 0 Å². The number of carbonyl (C=O) groups is 1. The summed E-state index contributed by atoms with van der Waals surface area (Å²) < 4.78 is 0. The lowest BCUT2D eigenvalue weighted by Gasteiger charge is -2.27. The van der Waals surface area contributed by atoms with E-state index in [0.29, 0.717) is 12.3 Å². The largest absolute Gasteiger partial charge is 0.481 e. The van der Waals surface area contributed by atoms with Crippen LogP contribution in [-0.2, 0) is 10.2 Å². The number of aliphatic carboxylic acids is 1. The Hall–Kier alpha value is -0.960. The highest BCUT2D eigenvalue weighted by molar-refractivity contribution is 7.99. The third-order valence-electron chi connectivity index (χ3n) is 4.54. The van der Waals surface area contributed by atoms with Gasteiger partial charge in [0.05, 0.1) is 6.42 Å². The van der Waals surface area contributed by atoms with Crippen LogP contribution in [0, 0.1) is 0 Å². The molecule has 0 radical (unpaired) electrons. The molecule has 3 heteroatoms. The molecular formula is C16H20O2S. The number of rotatable bonds is 4. The zero-order valence-electron chi connectivity index (χ0n) is 11.1. The number of thioether (sulfide) groups is 1. The molecule has 1 aromatic carbocycles. The van der Waals surface area contributed by atoms with Gasteiger partial charge in [0, 0.05) is 5.41 Å². The van der Waals surface area contributed by atoms with E-state index in [9.17, 15) is 4.79 Å². The van der Waals surface area contributed by atoms with E-state index in [1.54, 1.807) is 0 Å². The third-order valence-corrected chi connectivity index (χ3v) is 5.59. The van der Waals surface area contributed by atoms with Crippen molar-refractivity contribution in [1.29, 1.82) is 0 Å². The number of carboxylic acids is 1. The second kappa shape index (κ2) is 5.20. The molecule has 1 aliphatic carbocycles. The molecule has 0 spiro atoms. The maximum atomic E-state index is 11.1. The highest BCUT2D eigenvalue weighted by Crippen LogP contribution is 2.53. The fourth-order valence-corrected chi connectivity index (χ4v) is 4.43. The van der Waals surface area contributed by atoms with Crippen LogP contribution in [0.3, 0.4) is 0 Å². The second-order valence-electron chi connectivity index (χ2n) is 5.82. The van der Waals surface area contributed by atoms with Crippen molar-refractivity contribution in [2.75, 3.05) is 11.5 Å². The fraction of sp³-hybridized carbons (Fsp3) is 0.562. The van der Waals surface area contributed by atoms with E-state index in [0.717, 1.165) is 12.8 Å². The van der Waals surface area contributed by atoms with Gasteiger partial charge in [-0.2, -0.15) is 11.8 Å². The first kappa shape index (κ1) is 13.0. The monoisotopic (exact) mass is 276 g/mol. The van der Waals surface area contributed by atoms with Crippen molar-refractivity contribution in [3.8, 4) is 0 Å². The first-order valence-corrected chi connectivity index (χ1v) is 8.26. The van der Waals surface area contributed by atoms with Crippen molar-refractivity contribution < 1.29 is 9.90 Å². The summed E-state index contributed by atoms with van der Waals surface area (Å²) in [7, 11) is 0. The lowest BCUT2D eigenvalue weighted by atomic mass is 9.81. The van der Waals surface area contributed by atoms with Crippen LogP contribution in [0.1, 0.15) is 49.1 Å². The molecule has 1 aromatic rings. The van der Waals surface area contributed by atoms with Crippen LogP contribution in [-0.4, -0.2) is 22.6 Å². The van der Waals surface area contributed by atoms with Crippen LogP contribution in [0.2, 0.25) is 0 Å². The summed E-state index contributed by atoms with van der Waals surface area (Å²) in [5, 5.41) is 9.15. The van der Waals surface area contributed by atoms with Gasteiger partial charge in [-0.05, 0) is 54.2 Å². The standard InChI is InChI=1S/C16H20O2S/c17-15(18)11-16(7-8-16)14-4-2-1-3-13(14)12-5-9-19-10-6-12/h1-4,12H,5-11H2,(H,17,18). The van der Waals surface area contributed by atoms with Crippen LogP contribution in [0.15, 0.2) is 24.3 Å². The Morgan fingerprint density at radius 1 is 1.26 bits per heavy atom. The molecule has 2 nitrogen and oxygen atoms in total. The molecule has 19 heavy (non-hydrogen) atoms. The number of hydrogen-bond donors (Lipinski definition) is 1. The van der Waals surface area contributed by atoms with Gasteiger partial charge in [0.2, 0.25) is 0 Å². The first-order chi connectivity index (χ1) is 9.21. The molecule has 0 amide bonds. The molecule has 0 aromatic heterocycles. The average Bonchev–Trinajstić information content (AvgIpc) is 3.20. The lowest BCUT2D eigenvalue weighted by Crippen LogP contribution is -2.18. The quantitative estimate of drug-likeness (QED) is 0.908.